The maximum Gasteiger partial charge on any atom is 0.156 e. The summed E-state index contributed by atoms with van der Waals surface area (Å²) in [5, 5.41) is 10.7. The molecular formula is C13H9O4-. The summed E-state index contributed by atoms with van der Waals surface area (Å²) in [5.41, 5.74) is 2.02. The highest BCUT2D eigenvalue weighted by molar-refractivity contribution is 5.73. The third-order valence-electron chi connectivity index (χ3n) is 2.81. The normalized spacial score (nSPS) is 25.1. The quantitative estimate of drug-likeness (QED) is 0.664. The number of carboxylic acids is 1. The predicted octanol–water partition coefficient (Wildman–Crippen LogP) is 0.703. The minimum absolute atomic E-state index is 0.546. The van der Waals surface area contributed by atoms with Crippen LogP contribution in [0.4, 0.5) is 0 Å². The van der Waals surface area contributed by atoms with Gasteiger partial charge in [-0.1, -0.05) is 12.2 Å². The predicted molar refractivity (Wildman–Crippen MR) is 57.1 cm³/mol. The molecule has 1 aliphatic carbocycles. The van der Waals surface area contributed by atoms with Crippen LogP contribution in [0.15, 0.2) is 59.3 Å². The Morgan fingerprint density at radius 1 is 1.47 bits per heavy atom. The molecule has 3 rings (SSSR count). The molecule has 0 amide bonds. The number of ether oxygens (including phenoxy) is 2. The van der Waals surface area contributed by atoms with Gasteiger partial charge >= 0.3 is 0 Å². The number of allylic oxidation sites excluding steroid dienone is 6. The van der Waals surface area contributed by atoms with Crippen molar-refractivity contribution in [3.8, 4) is 0 Å². The van der Waals surface area contributed by atoms with Crippen molar-refractivity contribution in [1.82, 2.24) is 0 Å². The van der Waals surface area contributed by atoms with E-state index in [-0.39, 0.29) is 0 Å². The van der Waals surface area contributed by atoms with E-state index in [0.717, 1.165) is 11.1 Å². The minimum Gasteiger partial charge on any atom is -0.546 e. The fourth-order valence-corrected chi connectivity index (χ4v) is 1.96. The molecule has 0 bridgehead atoms. The lowest BCUT2D eigenvalue weighted by Gasteiger charge is -2.28. The number of carbonyl (C=O) groups is 1. The van der Waals surface area contributed by atoms with Gasteiger partial charge in [0.1, 0.15) is 11.5 Å². The lowest BCUT2D eigenvalue weighted by Crippen LogP contribution is -2.37. The number of carbonyl (C=O) groups excluding carboxylic acids is 1. The van der Waals surface area contributed by atoms with Gasteiger partial charge in [0.15, 0.2) is 6.10 Å². The van der Waals surface area contributed by atoms with Crippen LogP contribution in [0.5, 0.6) is 0 Å². The molecular weight excluding hydrogens is 220 g/mol. The molecule has 0 fully saturated rings. The second kappa shape index (κ2) is 3.66. The molecule has 2 aliphatic heterocycles. The molecule has 3 aliphatic rings. The van der Waals surface area contributed by atoms with Gasteiger partial charge in [-0.25, -0.2) is 0 Å². The maximum absolute atomic E-state index is 10.7. The molecule has 0 aromatic carbocycles. The van der Waals surface area contributed by atoms with Crippen molar-refractivity contribution >= 4 is 5.97 Å². The second-order valence-corrected chi connectivity index (χ2v) is 3.93. The van der Waals surface area contributed by atoms with Crippen molar-refractivity contribution in [2.24, 2.45) is 0 Å². The van der Waals surface area contributed by atoms with Crippen molar-refractivity contribution < 1.29 is 19.4 Å². The van der Waals surface area contributed by atoms with Gasteiger partial charge in [-0.05, 0) is 23.3 Å². The Hall–Kier alpha value is -2.23. The Kier molecular flexibility index (Phi) is 2.14. The molecule has 1 unspecified atom stereocenters. The lowest BCUT2D eigenvalue weighted by molar-refractivity contribution is -0.313. The monoisotopic (exact) mass is 229 g/mol. The first-order valence-corrected chi connectivity index (χ1v) is 5.27. The van der Waals surface area contributed by atoms with Gasteiger partial charge in [-0.2, -0.15) is 0 Å². The molecule has 86 valence electrons. The van der Waals surface area contributed by atoms with E-state index in [4.69, 9.17) is 9.47 Å². The fraction of sp³-hybridized carbons (Fsp3) is 0.154. The zero-order valence-electron chi connectivity index (χ0n) is 8.88. The van der Waals surface area contributed by atoms with Gasteiger partial charge in [0.2, 0.25) is 0 Å². The smallest absolute Gasteiger partial charge is 0.156 e. The van der Waals surface area contributed by atoms with Crippen molar-refractivity contribution in [3.05, 3.63) is 59.3 Å². The van der Waals surface area contributed by atoms with Crippen LogP contribution in [0, 0.1) is 0 Å². The molecule has 0 saturated heterocycles. The van der Waals surface area contributed by atoms with Crippen LogP contribution in [-0.4, -0.2) is 12.1 Å². The van der Waals surface area contributed by atoms with Crippen molar-refractivity contribution in [3.63, 3.8) is 0 Å². The second-order valence-electron chi connectivity index (χ2n) is 3.93. The number of hydrogen-bond acceptors (Lipinski definition) is 4. The van der Waals surface area contributed by atoms with E-state index in [2.05, 4.69) is 0 Å². The standard InChI is InChI=1S/C13H10O4/c14-13(15)10-4-3-9-6-8-2-1-5-16-11(8)7-12(9)17-10/h1-5,7,10H,6H2,(H,14,15)/p-1. The van der Waals surface area contributed by atoms with E-state index >= 15 is 0 Å². The van der Waals surface area contributed by atoms with Crippen LogP contribution in [0.1, 0.15) is 6.42 Å². The summed E-state index contributed by atoms with van der Waals surface area (Å²) < 4.78 is 10.7. The van der Waals surface area contributed by atoms with Gasteiger partial charge in [0.05, 0.1) is 12.2 Å². The van der Waals surface area contributed by atoms with Gasteiger partial charge in [-0.3, -0.25) is 0 Å². The summed E-state index contributed by atoms with van der Waals surface area (Å²) in [7, 11) is 0. The summed E-state index contributed by atoms with van der Waals surface area (Å²) in [6.07, 6.45) is 10.0. The Labute approximate surface area is 97.8 Å². The van der Waals surface area contributed by atoms with E-state index in [9.17, 15) is 9.90 Å². The highest BCUT2D eigenvalue weighted by Crippen LogP contribution is 2.35. The molecule has 4 heteroatoms. The Morgan fingerprint density at radius 3 is 3.18 bits per heavy atom. The minimum atomic E-state index is -1.24. The van der Waals surface area contributed by atoms with Crippen molar-refractivity contribution in [2.75, 3.05) is 0 Å². The van der Waals surface area contributed by atoms with E-state index in [1.807, 2.05) is 12.2 Å². The Morgan fingerprint density at radius 2 is 2.35 bits per heavy atom. The first kappa shape index (κ1) is 9.96. The number of hydrogen-bond donors (Lipinski definition) is 0. The summed E-state index contributed by atoms with van der Waals surface area (Å²) in [6, 6.07) is 0. The van der Waals surface area contributed by atoms with Crippen LogP contribution in [0.25, 0.3) is 0 Å². The number of aliphatic carboxylic acids is 1. The molecule has 0 saturated carbocycles. The third kappa shape index (κ3) is 1.67. The first-order valence-electron chi connectivity index (χ1n) is 5.27. The van der Waals surface area contributed by atoms with Crippen LogP contribution >= 0.6 is 0 Å². The molecule has 17 heavy (non-hydrogen) atoms. The van der Waals surface area contributed by atoms with Gasteiger partial charge in [0.25, 0.3) is 0 Å². The van der Waals surface area contributed by atoms with Crippen LogP contribution in [-0.2, 0) is 14.3 Å². The summed E-state index contributed by atoms with van der Waals surface area (Å²) in [6.45, 7) is 0. The van der Waals surface area contributed by atoms with Crippen LogP contribution in [0.3, 0.4) is 0 Å². The van der Waals surface area contributed by atoms with E-state index < -0.39 is 12.1 Å². The van der Waals surface area contributed by atoms with E-state index in [1.54, 1.807) is 18.4 Å². The van der Waals surface area contributed by atoms with Crippen LogP contribution in [0.2, 0.25) is 0 Å². The zero-order chi connectivity index (χ0) is 11.8. The molecule has 0 radical (unpaired) electrons. The van der Waals surface area contributed by atoms with Gasteiger partial charge < -0.3 is 19.4 Å². The molecule has 4 nitrogen and oxygen atoms in total. The fourth-order valence-electron chi connectivity index (χ4n) is 1.96. The van der Waals surface area contributed by atoms with Gasteiger partial charge in [-0.15, -0.1) is 0 Å². The highest BCUT2D eigenvalue weighted by Gasteiger charge is 2.24. The number of fused-ring (bicyclic) bond motifs is 1. The van der Waals surface area contributed by atoms with Gasteiger partial charge in [0, 0.05) is 12.5 Å². The Bertz CT molecular complexity index is 532. The molecule has 2 heterocycles. The van der Waals surface area contributed by atoms with E-state index in [0.29, 0.717) is 17.9 Å². The number of rotatable bonds is 1. The molecule has 0 N–H and O–H groups in total. The summed E-state index contributed by atoms with van der Waals surface area (Å²) in [4.78, 5) is 10.7. The SMILES string of the molecule is O=C([O-])C1C=CC2=C(C=C3OC=CC=C3C2)O1. The van der Waals surface area contributed by atoms with Crippen molar-refractivity contribution in [1.29, 1.82) is 0 Å². The highest BCUT2D eigenvalue weighted by atomic mass is 16.5. The molecule has 1 atom stereocenters. The summed E-state index contributed by atoms with van der Waals surface area (Å²) >= 11 is 0. The summed E-state index contributed by atoms with van der Waals surface area (Å²) in [5.74, 6) is 0.0137. The van der Waals surface area contributed by atoms with Crippen LogP contribution < -0.4 is 5.11 Å². The molecule has 0 aromatic rings. The largest absolute Gasteiger partial charge is 0.546 e. The zero-order valence-corrected chi connectivity index (χ0v) is 8.88. The lowest BCUT2D eigenvalue weighted by atomic mass is 9.94. The van der Waals surface area contributed by atoms with E-state index in [1.165, 1.54) is 6.08 Å². The average Bonchev–Trinajstić information content (AvgIpc) is 2.35. The Balaban J connectivity index is 1.92. The third-order valence-corrected chi connectivity index (χ3v) is 2.81. The number of carboxylic acid groups (broad SMARTS) is 1. The molecule has 0 spiro atoms. The molecule has 0 aromatic heterocycles. The first-order chi connectivity index (χ1) is 8.24. The maximum atomic E-state index is 10.7. The topological polar surface area (TPSA) is 58.6 Å². The average molecular weight is 229 g/mol. The van der Waals surface area contributed by atoms with Crippen molar-refractivity contribution in [2.45, 2.75) is 12.5 Å².